The molecule has 0 bridgehead atoms. The van der Waals surface area contributed by atoms with Gasteiger partial charge in [-0.3, -0.25) is 5.43 Å². The molecule has 0 spiro atoms. The van der Waals surface area contributed by atoms with Crippen molar-refractivity contribution in [3.63, 3.8) is 0 Å². The van der Waals surface area contributed by atoms with E-state index in [1.165, 1.54) is 10.4 Å². The third-order valence-electron chi connectivity index (χ3n) is 3.47. The summed E-state index contributed by atoms with van der Waals surface area (Å²) in [6.07, 6.45) is 5.78. The molecule has 0 saturated heterocycles. The molecule has 0 atom stereocenters. The summed E-state index contributed by atoms with van der Waals surface area (Å²) in [4.78, 5) is 10.9. The van der Waals surface area contributed by atoms with E-state index in [0.29, 0.717) is 5.92 Å². The zero-order valence-corrected chi connectivity index (χ0v) is 12.7. The highest BCUT2D eigenvalue weighted by Crippen LogP contribution is 2.32. The number of anilines is 1. The fourth-order valence-corrected chi connectivity index (χ4v) is 2.97. The highest BCUT2D eigenvalue weighted by atomic mass is 32.1. The fraction of sp³-hybridized carbons (Fsp3) is 0.500. The molecule has 19 heavy (non-hydrogen) atoms. The zero-order valence-electron chi connectivity index (χ0n) is 11.9. The van der Waals surface area contributed by atoms with Crippen molar-refractivity contribution >= 4 is 33.6 Å². The van der Waals surface area contributed by atoms with E-state index in [0.717, 1.165) is 28.9 Å². The summed E-state index contributed by atoms with van der Waals surface area (Å²) in [5.41, 5.74) is 4.30. The molecule has 2 rings (SSSR count). The van der Waals surface area contributed by atoms with Crippen molar-refractivity contribution in [1.82, 2.24) is 9.97 Å². The van der Waals surface area contributed by atoms with E-state index in [9.17, 15) is 0 Å². The Labute approximate surface area is 118 Å². The van der Waals surface area contributed by atoms with Crippen LogP contribution in [0.4, 0.5) is 5.82 Å². The van der Waals surface area contributed by atoms with Crippen molar-refractivity contribution in [2.24, 2.45) is 11.0 Å². The summed E-state index contributed by atoms with van der Waals surface area (Å²) < 4.78 is 0. The maximum absolute atomic E-state index is 4.32. The number of aryl methyl sites for hydroxylation is 2. The highest BCUT2D eigenvalue weighted by molar-refractivity contribution is 7.18. The Morgan fingerprint density at radius 1 is 1.32 bits per heavy atom. The molecule has 4 nitrogen and oxygen atoms in total. The fourth-order valence-electron chi connectivity index (χ4n) is 1.97. The van der Waals surface area contributed by atoms with Gasteiger partial charge in [0.25, 0.3) is 0 Å². The van der Waals surface area contributed by atoms with E-state index in [1.54, 1.807) is 17.7 Å². The second-order valence-corrected chi connectivity index (χ2v) is 5.86. The van der Waals surface area contributed by atoms with Gasteiger partial charge in [0.1, 0.15) is 11.2 Å². The van der Waals surface area contributed by atoms with Crippen LogP contribution in [0.25, 0.3) is 10.2 Å². The highest BCUT2D eigenvalue weighted by Gasteiger charge is 2.11. The summed E-state index contributed by atoms with van der Waals surface area (Å²) in [6.45, 7) is 8.57. The van der Waals surface area contributed by atoms with Gasteiger partial charge in [-0.25, -0.2) is 9.97 Å². The van der Waals surface area contributed by atoms with E-state index >= 15 is 0 Å². The number of hydrogen-bond donors (Lipinski definition) is 1. The van der Waals surface area contributed by atoms with Crippen LogP contribution < -0.4 is 5.43 Å². The second kappa shape index (κ2) is 6.10. The van der Waals surface area contributed by atoms with Gasteiger partial charge in [-0.1, -0.05) is 13.8 Å². The number of hydrogen-bond acceptors (Lipinski definition) is 5. The average molecular weight is 276 g/mol. The molecule has 1 N–H and O–H groups in total. The minimum atomic E-state index is 0.523. The monoisotopic (exact) mass is 276 g/mol. The van der Waals surface area contributed by atoms with Crippen molar-refractivity contribution in [2.75, 3.05) is 5.43 Å². The Kier molecular flexibility index (Phi) is 4.47. The second-order valence-electron chi connectivity index (χ2n) is 4.65. The molecule has 2 aromatic heterocycles. The van der Waals surface area contributed by atoms with Gasteiger partial charge in [0.05, 0.1) is 5.39 Å². The SMILES string of the molecule is CCC(/C=N\Nc1ncnc2sc(C)c(C)c12)CC. The van der Waals surface area contributed by atoms with Gasteiger partial charge in [-0.05, 0) is 38.2 Å². The summed E-state index contributed by atoms with van der Waals surface area (Å²) in [5.74, 6) is 1.32. The van der Waals surface area contributed by atoms with Gasteiger partial charge in [-0.15, -0.1) is 11.3 Å². The number of thiophene rings is 1. The predicted molar refractivity (Wildman–Crippen MR) is 83.1 cm³/mol. The number of hydrazone groups is 1. The first kappa shape index (κ1) is 13.9. The molecule has 2 heterocycles. The van der Waals surface area contributed by atoms with Crippen molar-refractivity contribution in [3.05, 3.63) is 16.8 Å². The van der Waals surface area contributed by atoms with Crippen LogP contribution in [0, 0.1) is 19.8 Å². The third kappa shape index (κ3) is 2.92. The Bertz CT molecular complexity index is 584. The zero-order chi connectivity index (χ0) is 13.8. The van der Waals surface area contributed by atoms with Crippen LogP contribution in [0.15, 0.2) is 11.4 Å². The van der Waals surface area contributed by atoms with Gasteiger partial charge >= 0.3 is 0 Å². The minimum absolute atomic E-state index is 0.523. The molecular formula is C14H20N4S. The number of fused-ring (bicyclic) bond motifs is 1. The first-order chi connectivity index (χ1) is 9.17. The smallest absolute Gasteiger partial charge is 0.158 e. The van der Waals surface area contributed by atoms with Gasteiger partial charge in [0, 0.05) is 11.1 Å². The first-order valence-corrected chi connectivity index (χ1v) is 7.48. The maximum atomic E-state index is 4.32. The molecule has 0 saturated carbocycles. The van der Waals surface area contributed by atoms with E-state index in [4.69, 9.17) is 0 Å². The maximum Gasteiger partial charge on any atom is 0.158 e. The molecule has 102 valence electrons. The first-order valence-electron chi connectivity index (χ1n) is 6.67. The lowest BCUT2D eigenvalue weighted by molar-refractivity contribution is 0.654. The molecular weight excluding hydrogens is 256 g/mol. The molecule has 5 heteroatoms. The average Bonchev–Trinajstić information content (AvgIpc) is 2.71. The molecule has 0 aliphatic heterocycles. The van der Waals surface area contributed by atoms with Crippen molar-refractivity contribution < 1.29 is 0 Å². The molecule has 0 aliphatic carbocycles. The molecule has 2 aromatic rings. The van der Waals surface area contributed by atoms with E-state index in [2.05, 4.69) is 48.2 Å². The van der Waals surface area contributed by atoms with E-state index in [1.807, 2.05) is 6.21 Å². The van der Waals surface area contributed by atoms with Crippen LogP contribution >= 0.6 is 11.3 Å². The normalized spacial score (nSPS) is 11.8. The van der Waals surface area contributed by atoms with Crippen molar-refractivity contribution in [3.8, 4) is 0 Å². The number of rotatable bonds is 5. The third-order valence-corrected chi connectivity index (χ3v) is 4.59. The van der Waals surface area contributed by atoms with Crippen molar-refractivity contribution in [1.29, 1.82) is 0 Å². The standard InChI is InChI=1S/C14H20N4S/c1-5-11(6-2)7-17-18-13-12-9(3)10(4)19-14(12)16-8-15-13/h7-8,11H,5-6H2,1-4H3,(H,15,16,18)/b17-7-. The number of nitrogens with one attached hydrogen (secondary N) is 1. The van der Waals surface area contributed by atoms with Gasteiger partial charge < -0.3 is 0 Å². The van der Waals surface area contributed by atoms with Crippen LogP contribution in [0.2, 0.25) is 0 Å². The number of aromatic nitrogens is 2. The van der Waals surface area contributed by atoms with Crippen LogP contribution in [0.1, 0.15) is 37.1 Å². The van der Waals surface area contributed by atoms with Crippen LogP contribution in [0.5, 0.6) is 0 Å². The summed E-state index contributed by atoms with van der Waals surface area (Å²) in [6, 6.07) is 0. The Morgan fingerprint density at radius 3 is 2.74 bits per heavy atom. The van der Waals surface area contributed by atoms with E-state index in [-0.39, 0.29) is 0 Å². The van der Waals surface area contributed by atoms with Crippen molar-refractivity contribution in [2.45, 2.75) is 40.5 Å². The Morgan fingerprint density at radius 2 is 2.05 bits per heavy atom. The van der Waals surface area contributed by atoms with Gasteiger partial charge in [0.15, 0.2) is 5.82 Å². The molecule has 0 aromatic carbocycles. The van der Waals surface area contributed by atoms with Crippen LogP contribution in [0.3, 0.4) is 0 Å². The summed E-state index contributed by atoms with van der Waals surface area (Å²) >= 11 is 1.70. The molecule has 0 fully saturated rings. The quantitative estimate of drug-likeness (QED) is 0.659. The van der Waals surface area contributed by atoms with Crippen LogP contribution in [-0.4, -0.2) is 16.2 Å². The Balaban J connectivity index is 2.26. The largest absolute Gasteiger partial charge is 0.261 e. The number of nitrogens with zero attached hydrogens (tertiary/aromatic N) is 3. The van der Waals surface area contributed by atoms with Crippen LogP contribution in [-0.2, 0) is 0 Å². The molecule has 0 aliphatic rings. The molecule has 0 radical (unpaired) electrons. The van der Waals surface area contributed by atoms with Gasteiger partial charge in [-0.2, -0.15) is 5.10 Å². The predicted octanol–water partition coefficient (Wildman–Crippen LogP) is 4.14. The molecule has 0 unspecified atom stereocenters. The molecule has 0 amide bonds. The summed E-state index contributed by atoms with van der Waals surface area (Å²) in [7, 11) is 0. The lowest BCUT2D eigenvalue weighted by Crippen LogP contribution is -2.01. The Hall–Kier alpha value is -1.49. The lowest BCUT2D eigenvalue weighted by Gasteiger charge is -2.05. The lowest BCUT2D eigenvalue weighted by atomic mass is 10.1. The summed E-state index contributed by atoms with van der Waals surface area (Å²) in [5, 5.41) is 5.41. The van der Waals surface area contributed by atoms with E-state index < -0.39 is 0 Å². The topological polar surface area (TPSA) is 50.2 Å². The van der Waals surface area contributed by atoms with Gasteiger partial charge in [0.2, 0.25) is 0 Å². The minimum Gasteiger partial charge on any atom is -0.261 e.